The number of benzene rings is 1. The molecule has 1 aromatic carbocycles. The highest BCUT2D eigenvalue weighted by Crippen LogP contribution is 2.39. The second kappa shape index (κ2) is 6.34. The summed E-state index contributed by atoms with van der Waals surface area (Å²) in [6, 6.07) is 11.3. The summed E-state index contributed by atoms with van der Waals surface area (Å²) < 4.78 is 23.8. The third-order valence-electron chi connectivity index (χ3n) is 3.82. The third kappa shape index (κ3) is 3.57. The monoisotopic (exact) mass is 349 g/mol. The average molecular weight is 349 g/mol. The maximum Gasteiger partial charge on any atom is 0.262 e. The summed E-state index contributed by atoms with van der Waals surface area (Å²) in [6.07, 6.45) is -0.267. The number of hydrogen-bond acceptors (Lipinski definition) is 5. The van der Waals surface area contributed by atoms with Gasteiger partial charge in [-0.15, -0.1) is 0 Å². The van der Waals surface area contributed by atoms with Crippen LogP contribution < -0.4 is 0 Å². The van der Waals surface area contributed by atoms with E-state index in [-0.39, 0.29) is 29.2 Å². The topological polar surface area (TPSA) is 90.6 Å². The smallest absolute Gasteiger partial charge is 0.262 e. The third-order valence-corrected chi connectivity index (χ3v) is 7.07. The summed E-state index contributed by atoms with van der Waals surface area (Å²) >= 11 is 1.33. The molecule has 6 nitrogen and oxygen atoms in total. The standard InChI is InChI=1S/C15H15N3O3S2/c16-7-6-14(19)17-15-18(8-11-4-2-1-3-5-11)12-9-23(20,21)10-13(12)22-15/h1-5,12-13H,6,8-10H2. The van der Waals surface area contributed by atoms with Crippen molar-refractivity contribution in [1.29, 1.82) is 5.26 Å². The number of amidine groups is 1. The number of thioether (sulfide) groups is 1. The van der Waals surface area contributed by atoms with Gasteiger partial charge in [-0.25, -0.2) is 8.42 Å². The van der Waals surface area contributed by atoms with E-state index in [0.717, 1.165) is 5.56 Å². The number of rotatable bonds is 3. The molecule has 2 fully saturated rings. The Morgan fingerprint density at radius 3 is 2.78 bits per heavy atom. The zero-order valence-electron chi connectivity index (χ0n) is 12.3. The van der Waals surface area contributed by atoms with E-state index in [1.54, 1.807) is 6.07 Å². The number of fused-ring (bicyclic) bond motifs is 1. The first-order valence-electron chi connectivity index (χ1n) is 7.14. The molecule has 0 saturated carbocycles. The van der Waals surface area contributed by atoms with Crippen molar-refractivity contribution < 1.29 is 13.2 Å². The molecule has 0 N–H and O–H groups in total. The maximum atomic E-state index is 11.9. The van der Waals surface area contributed by atoms with Gasteiger partial charge >= 0.3 is 0 Å². The van der Waals surface area contributed by atoms with Gasteiger partial charge in [-0.05, 0) is 5.56 Å². The van der Waals surface area contributed by atoms with Gasteiger partial charge in [0.15, 0.2) is 15.0 Å². The molecular formula is C15H15N3O3S2. The summed E-state index contributed by atoms with van der Waals surface area (Å²) in [7, 11) is -3.05. The minimum atomic E-state index is -3.05. The highest BCUT2D eigenvalue weighted by atomic mass is 32.2. The lowest BCUT2D eigenvalue weighted by Gasteiger charge is -2.24. The molecule has 2 saturated heterocycles. The van der Waals surface area contributed by atoms with Crippen molar-refractivity contribution in [2.45, 2.75) is 24.3 Å². The van der Waals surface area contributed by atoms with Crippen LogP contribution in [0.15, 0.2) is 35.3 Å². The van der Waals surface area contributed by atoms with Crippen LogP contribution in [-0.4, -0.2) is 47.2 Å². The Bertz CT molecular complexity index is 784. The molecule has 1 aromatic rings. The first-order chi connectivity index (χ1) is 11.0. The summed E-state index contributed by atoms with van der Waals surface area (Å²) in [5.41, 5.74) is 1.03. The Morgan fingerprint density at radius 1 is 1.35 bits per heavy atom. The fourth-order valence-electron chi connectivity index (χ4n) is 2.81. The Morgan fingerprint density at radius 2 is 2.09 bits per heavy atom. The SMILES string of the molecule is N#CCC(=O)N=C1SC2CS(=O)(=O)CC2N1Cc1ccccc1. The molecule has 2 heterocycles. The molecule has 0 aromatic heterocycles. The Labute approximate surface area is 139 Å². The molecule has 3 rings (SSSR count). The van der Waals surface area contributed by atoms with Crippen molar-refractivity contribution in [1.82, 2.24) is 4.90 Å². The molecule has 1 amide bonds. The summed E-state index contributed by atoms with van der Waals surface area (Å²) in [5, 5.41) is 9.03. The number of nitriles is 1. The van der Waals surface area contributed by atoms with Crippen LogP contribution in [0.4, 0.5) is 0 Å². The van der Waals surface area contributed by atoms with Crippen molar-refractivity contribution in [3.8, 4) is 6.07 Å². The van der Waals surface area contributed by atoms with Gasteiger partial charge in [0.1, 0.15) is 6.42 Å². The van der Waals surface area contributed by atoms with Crippen molar-refractivity contribution in [2.75, 3.05) is 11.5 Å². The first kappa shape index (κ1) is 16.0. The van der Waals surface area contributed by atoms with E-state index < -0.39 is 15.7 Å². The lowest BCUT2D eigenvalue weighted by Crippen LogP contribution is -2.37. The summed E-state index contributed by atoms with van der Waals surface area (Å²) in [6.45, 7) is 0.503. The second-order valence-corrected chi connectivity index (χ2v) is 8.90. The van der Waals surface area contributed by atoms with Gasteiger partial charge in [0.05, 0.1) is 23.6 Å². The Hall–Kier alpha value is -1.85. The van der Waals surface area contributed by atoms with Gasteiger partial charge in [-0.1, -0.05) is 42.1 Å². The normalized spacial score (nSPS) is 26.9. The van der Waals surface area contributed by atoms with Gasteiger partial charge in [0, 0.05) is 11.8 Å². The first-order valence-corrected chi connectivity index (χ1v) is 9.85. The molecule has 2 aliphatic rings. The number of amides is 1. The average Bonchev–Trinajstić information content (AvgIpc) is 2.94. The van der Waals surface area contributed by atoms with Crippen LogP contribution in [0.25, 0.3) is 0 Å². The van der Waals surface area contributed by atoms with Gasteiger partial charge < -0.3 is 4.90 Å². The van der Waals surface area contributed by atoms with Crippen LogP contribution in [0.2, 0.25) is 0 Å². The van der Waals surface area contributed by atoms with Gasteiger partial charge in [-0.2, -0.15) is 10.3 Å². The number of carbonyl (C=O) groups is 1. The Balaban J connectivity index is 1.88. The van der Waals surface area contributed by atoms with E-state index in [1.807, 2.05) is 35.2 Å². The van der Waals surface area contributed by atoms with Crippen LogP contribution in [0.3, 0.4) is 0 Å². The van der Waals surface area contributed by atoms with E-state index in [0.29, 0.717) is 11.7 Å². The van der Waals surface area contributed by atoms with Crippen LogP contribution in [0, 0.1) is 11.3 Å². The molecule has 120 valence electrons. The minimum Gasteiger partial charge on any atom is -0.342 e. The van der Waals surface area contributed by atoms with E-state index in [1.165, 1.54) is 11.8 Å². The van der Waals surface area contributed by atoms with Crippen molar-refractivity contribution >= 4 is 32.7 Å². The molecule has 2 aliphatic heterocycles. The van der Waals surface area contributed by atoms with E-state index in [2.05, 4.69) is 4.99 Å². The highest BCUT2D eigenvalue weighted by molar-refractivity contribution is 8.15. The summed E-state index contributed by atoms with van der Waals surface area (Å²) in [4.78, 5) is 17.6. The Kier molecular flexibility index (Phi) is 4.41. The van der Waals surface area contributed by atoms with E-state index in [4.69, 9.17) is 5.26 Å². The molecule has 8 heteroatoms. The number of aliphatic imine (C=N–C) groups is 1. The lowest BCUT2D eigenvalue weighted by molar-refractivity contribution is -0.116. The molecule has 0 radical (unpaired) electrons. The van der Waals surface area contributed by atoms with Crippen molar-refractivity contribution in [3.63, 3.8) is 0 Å². The van der Waals surface area contributed by atoms with Gasteiger partial charge in [0.25, 0.3) is 5.91 Å². The predicted octanol–water partition coefficient (Wildman–Crippen LogP) is 1.20. The molecule has 2 atom stereocenters. The zero-order valence-corrected chi connectivity index (χ0v) is 13.9. The maximum absolute atomic E-state index is 11.9. The molecule has 0 aliphatic carbocycles. The number of sulfone groups is 1. The van der Waals surface area contributed by atoms with Gasteiger partial charge in [-0.3, -0.25) is 4.79 Å². The van der Waals surface area contributed by atoms with Crippen LogP contribution in [0.1, 0.15) is 12.0 Å². The second-order valence-electron chi connectivity index (χ2n) is 5.54. The molecule has 0 bridgehead atoms. The van der Waals surface area contributed by atoms with E-state index >= 15 is 0 Å². The molecule has 23 heavy (non-hydrogen) atoms. The van der Waals surface area contributed by atoms with Crippen molar-refractivity contribution in [3.05, 3.63) is 35.9 Å². The van der Waals surface area contributed by atoms with Crippen LogP contribution in [0.5, 0.6) is 0 Å². The number of nitrogens with zero attached hydrogens (tertiary/aromatic N) is 3. The highest BCUT2D eigenvalue weighted by Gasteiger charge is 2.48. The predicted molar refractivity (Wildman–Crippen MR) is 88.5 cm³/mol. The fraction of sp³-hybridized carbons (Fsp3) is 0.400. The zero-order chi connectivity index (χ0) is 16.4. The van der Waals surface area contributed by atoms with Crippen LogP contribution >= 0.6 is 11.8 Å². The summed E-state index contributed by atoms with van der Waals surface area (Å²) in [5.74, 6) is -0.293. The fourth-order valence-corrected chi connectivity index (χ4v) is 6.78. The molecular weight excluding hydrogens is 334 g/mol. The molecule has 0 spiro atoms. The number of carbonyl (C=O) groups excluding carboxylic acids is 1. The lowest BCUT2D eigenvalue weighted by atomic mass is 10.1. The number of hydrogen-bond donors (Lipinski definition) is 0. The quantitative estimate of drug-likeness (QED) is 0.814. The minimum absolute atomic E-state index is 0.0863. The van der Waals surface area contributed by atoms with E-state index in [9.17, 15) is 13.2 Å². The van der Waals surface area contributed by atoms with Crippen molar-refractivity contribution in [2.24, 2.45) is 4.99 Å². The molecule has 2 unspecified atom stereocenters. The van der Waals surface area contributed by atoms with Gasteiger partial charge in [0.2, 0.25) is 0 Å². The van der Waals surface area contributed by atoms with Crippen LogP contribution in [-0.2, 0) is 21.2 Å². The largest absolute Gasteiger partial charge is 0.342 e.